The number of halogens is 2. The average molecular weight is 492 g/mol. The van der Waals surface area contributed by atoms with Crippen LogP contribution >= 0.6 is 31.9 Å². The molecule has 0 heterocycles. The normalized spacial score (nSPS) is 10.1. The predicted octanol–water partition coefficient (Wildman–Crippen LogP) is 5.84. The number of unbranched alkanes of at least 4 members (excludes halogenated alkanes) is 1. The number of ketones is 2. The molecule has 0 aromatic heterocycles. The molecule has 0 saturated heterocycles. The van der Waals surface area contributed by atoms with Crippen molar-refractivity contribution in [2.45, 2.75) is 26.2 Å². The van der Waals surface area contributed by atoms with Gasteiger partial charge < -0.3 is 4.74 Å². The van der Waals surface area contributed by atoms with Crippen molar-refractivity contribution in [1.82, 2.24) is 0 Å². The lowest BCUT2D eigenvalue weighted by molar-refractivity contribution is -0.113. The van der Waals surface area contributed by atoms with Gasteiger partial charge in [-0.1, -0.05) is 29.3 Å². The number of nitriles is 1. The monoisotopic (exact) mass is 490 g/mol. The number of carbonyl (C=O) groups excluding carboxylic acids is 2. The molecule has 7 heteroatoms. The number of nitrogens with zero attached hydrogens (tertiary/aromatic N) is 1. The zero-order valence-corrected chi connectivity index (χ0v) is 17.7. The Bertz CT molecular complexity index is 949. The molecule has 2 rings (SSSR count). The van der Waals surface area contributed by atoms with E-state index >= 15 is 0 Å². The molecule has 0 aliphatic heterocycles. The Labute approximate surface area is 174 Å². The van der Waals surface area contributed by atoms with Crippen molar-refractivity contribution in [2.24, 2.45) is 0 Å². The van der Waals surface area contributed by atoms with Crippen LogP contribution in [0.25, 0.3) is 0 Å². The third-order valence-electron chi connectivity index (χ3n) is 3.74. The Hall–Kier alpha value is -2.30. The Kier molecular flexibility index (Phi) is 7.45. The number of Topliss-reactive ketones (excluding diaryl/α,β-unsaturated/α-hetero) is 2. The molecule has 0 radical (unpaired) electrons. The molecule has 0 spiro atoms. The van der Waals surface area contributed by atoms with Crippen molar-refractivity contribution < 1.29 is 14.3 Å². The van der Waals surface area contributed by atoms with Crippen LogP contribution in [0, 0.1) is 16.7 Å². The third kappa shape index (κ3) is 5.34. The molecule has 0 aliphatic rings. The smallest absolute Gasteiger partial charge is 0.215 e. The number of benzene rings is 2. The fourth-order valence-corrected chi connectivity index (χ4v) is 3.41. The lowest BCUT2D eigenvalue weighted by Gasteiger charge is -2.10. The Morgan fingerprint density at radius 2 is 1.93 bits per heavy atom. The Morgan fingerprint density at radius 3 is 2.56 bits per heavy atom. The molecule has 0 bridgehead atoms. The summed E-state index contributed by atoms with van der Waals surface area (Å²) in [5.41, 5.74) is -0.532. The van der Waals surface area contributed by atoms with Crippen molar-refractivity contribution in [1.29, 1.82) is 10.7 Å². The zero-order chi connectivity index (χ0) is 20.0. The highest BCUT2D eigenvalue weighted by Crippen LogP contribution is 2.32. The minimum absolute atomic E-state index is 0.0157. The molecule has 2 aromatic rings. The molecule has 2 aromatic carbocycles. The van der Waals surface area contributed by atoms with E-state index < -0.39 is 17.3 Å². The molecule has 27 heavy (non-hydrogen) atoms. The fraction of sp³-hybridized carbons (Fsp3) is 0.200. The maximum Gasteiger partial charge on any atom is 0.215 e. The third-order valence-corrected chi connectivity index (χ3v) is 4.85. The van der Waals surface area contributed by atoms with E-state index in [1.165, 1.54) is 12.1 Å². The highest BCUT2D eigenvalue weighted by atomic mass is 79.9. The summed E-state index contributed by atoms with van der Waals surface area (Å²) < 4.78 is 7.35. The van der Waals surface area contributed by atoms with E-state index in [0.29, 0.717) is 22.4 Å². The summed E-state index contributed by atoms with van der Waals surface area (Å²) in [6.07, 6.45) is 1.55. The number of nitrogens with one attached hydrogen (secondary N) is 1. The molecule has 0 atom stereocenters. The highest BCUT2D eigenvalue weighted by Gasteiger charge is 2.23. The SMILES string of the molecule is CCCCC(=O)C(=N)C(=O)c1cc(Oc2ccc(Br)cc2Br)ccc1C#N. The summed E-state index contributed by atoms with van der Waals surface area (Å²) in [5.74, 6) is -0.440. The lowest BCUT2D eigenvalue weighted by atomic mass is 9.97. The minimum Gasteiger partial charge on any atom is -0.456 e. The number of rotatable bonds is 8. The maximum absolute atomic E-state index is 12.6. The molecule has 0 amide bonds. The van der Waals surface area contributed by atoms with Gasteiger partial charge in [0.15, 0.2) is 5.78 Å². The van der Waals surface area contributed by atoms with Crippen molar-refractivity contribution in [3.8, 4) is 17.6 Å². The van der Waals surface area contributed by atoms with Crippen molar-refractivity contribution in [3.63, 3.8) is 0 Å². The van der Waals surface area contributed by atoms with Crippen LogP contribution in [0.2, 0.25) is 0 Å². The summed E-state index contributed by atoms with van der Waals surface area (Å²) in [7, 11) is 0. The zero-order valence-electron chi connectivity index (χ0n) is 14.5. The van der Waals surface area contributed by atoms with Crippen LogP contribution < -0.4 is 4.74 Å². The second-order valence-corrected chi connectivity index (χ2v) is 7.50. The maximum atomic E-state index is 12.6. The van der Waals surface area contributed by atoms with E-state index in [-0.39, 0.29) is 17.5 Å². The second kappa shape index (κ2) is 9.58. The van der Waals surface area contributed by atoms with Crippen LogP contribution in [0.15, 0.2) is 45.3 Å². The van der Waals surface area contributed by atoms with E-state index in [2.05, 4.69) is 31.9 Å². The van der Waals surface area contributed by atoms with Gasteiger partial charge in [0.25, 0.3) is 0 Å². The topological polar surface area (TPSA) is 91.0 Å². The quantitative estimate of drug-likeness (QED) is 0.285. The number of hydrogen-bond acceptors (Lipinski definition) is 5. The molecule has 0 aliphatic carbocycles. The number of hydrogen-bond donors (Lipinski definition) is 1. The molecule has 5 nitrogen and oxygen atoms in total. The van der Waals surface area contributed by atoms with E-state index in [4.69, 9.17) is 10.1 Å². The van der Waals surface area contributed by atoms with Crippen molar-refractivity contribution >= 4 is 49.1 Å². The average Bonchev–Trinajstić information content (AvgIpc) is 2.67. The summed E-state index contributed by atoms with van der Waals surface area (Å²) >= 11 is 6.75. The first-order valence-electron chi connectivity index (χ1n) is 8.20. The van der Waals surface area contributed by atoms with Crippen LogP contribution in [-0.4, -0.2) is 17.3 Å². The van der Waals surface area contributed by atoms with E-state index in [1.54, 1.807) is 18.2 Å². The number of carbonyl (C=O) groups is 2. The molecular weight excluding hydrogens is 476 g/mol. The van der Waals surface area contributed by atoms with Crippen molar-refractivity contribution in [3.05, 3.63) is 56.5 Å². The largest absolute Gasteiger partial charge is 0.456 e. The van der Waals surface area contributed by atoms with E-state index in [9.17, 15) is 14.9 Å². The summed E-state index contributed by atoms with van der Waals surface area (Å²) in [4.78, 5) is 24.6. The van der Waals surface area contributed by atoms with Gasteiger partial charge in [-0.2, -0.15) is 5.26 Å². The van der Waals surface area contributed by atoms with Gasteiger partial charge in [-0.25, -0.2) is 0 Å². The van der Waals surface area contributed by atoms with Crippen LogP contribution in [0.3, 0.4) is 0 Å². The van der Waals surface area contributed by atoms with Gasteiger partial charge in [0.05, 0.1) is 16.1 Å². The van der Waals surface area contributed by atoms with Crippen LogP contribution in [-0.2, 0) is 4.79 Å². The Morgan fingerprint density at radius 1 is 1.19 bits per heavy atom. The Balaban J connectivity index is 2.32. The lowest BCUT2D eigenvalue weighted by Crippen LogP contribution is -2.24. The van der Waals surface area contributed by atoms with E-state index in [1.807, 2.05) is 19.1 Å². The second-order valence-electron chi connectivity index (χ2n) is 5.73. The molecule has 0 saturated carbocycles. The van der Waals surface area contributed by atoms with Gasteiger partial charge in [-0.15, -0.1) is 0 Å². The van der Waals surface area contributed by atoms with Gasteiger partial charge in [-0.05, 0) is 58.7 Å². The molecule has 1 N–H and O–H groups in total. The van der Waals surface area contributed by atoms with Gasteiger partial charge in [-0.3, -0.25) is 15.0 Å². The molecule has 0 unspecified atom stereocenters. The van der Waals surface area contributed by atoms with Crippen molar-refractivity contribution in [2.75, 3.05) is 0 Å². The van der Waals surface area contributed by atoms with Gasteiger partial charge in [0, 0.05) is 16.5 Å². The van der Waals surface area contributed by atoms with E-state index in [0.717, 1.165) is 10.9 Å². The highest BCUT2D eigenvalue weighted by molar-refractivity contribution is 9.11. The van der Waals surface area contributed by atoms with Crippen LogP contribution in [0.4, 0.5) is 0 Å². The first kappa shape index (κ1) is 21.0. The van der Waals surface area contributed by atoms with Crippen LogP contribution in [0.1, 0.15) is 42.1 Å². The van der Waals surface area contributed by atoms with Gasteiger partial charge >= 0.3 is 0 Å². The number of ether oxygens (including phenoxy) is 1. The molecule has 0 fully saturated rings. The first-order chi connectivity index (χ1) is 12.9. The standard InChI is InChI=1S/C20H16Br2N2O3/c1-2-3-4-17(25)19(24)20(26)15-10-14(7-5-12(15)11-23)27-18-8-6-13(21)9-16(18)22/h5-10,24H,2-4H2,1H3. The summed E-state index contributed by atoms with van der Waals surface area (Å²) in [5, 5.41) is 17.1. The molecular formula is C20H16Br2N2O3. The first-order valence-corrected chi connectivity index (χ1v) is 9.79. The van der Waals surface area contributed by atoms with Gasteiger partial charge in [0.2, 0.25) is 5.78 Å². The summed E-state index contributed by atoms with van der Waals surface area (Å²) in [6.45, 7) is 1.92. The predicted molar refractivity (Wildman–Crippen MR) is 110 cm³/mol. The van der Waals surface area contributed by atoms with Crippen LogP contribution in [0.5, 0.6) is 11.5 Å². The summed E-state index contributed by atoms with van der Waals surface area (Å²) in [6, 6.07) is 11.7. The molecule has 138 valence electrons. The minimum atomic E-state index is -0.770. The fourth-order valence-electron chi connectivity index (χ4n) is 2.28. The van der Waals surface area contributed by atoms with Gasteiger partial charge in [0.1, 0.15) is 17.2 Å².